The number of rotatable bonds is 4. The van der Waals surface area contributed by atoms with Crippen LogP contribution in [0.2, 0.25) is 0 Å². The quantitative estimate of drug-likeness (QED) is 0.926. The number of nitrogens with zero attached hydrogens (tertiary/aromatic N) is 1. The van der Waals surface area contributed by atoms with Crippen LogP contribution in [0.5, 0.6) is 17.2 Å². The predicted molar refractivity (Wildman–Crippen MR) is 91.9 cm³/mol. The number of carbonyl (C=O) groups is 1. The van der Waals surface area contributed by atoms with E-state index in [1.807, 2.05) is 6.07 Å². The molecular weight excluding hydrogens is 320 g/mol. The number of hydrogen-bond donors (Lipinski definition) is 1. The van der Waals surface area contributed by atoms with Gasteiger partial charge in [0, 0.05) is 18.2 Å². The highest BCUT2D eigenvalue weighted by Gasteiger charge is 2.17. The first-order valence-electron chi connectivity index (χ1n) is 8.03. The van der Waals surface area contributed by atoms with Gasteiger partial charge >= 0.3 is 0 Å². The maximum Gasteiger partial charge on any atom is 0.265 e. The summed E-state index contributed by atoms with van der Waals surface area (Å²) in [6, 6.07) is 13.9. The van der Waals surface area contributed by atoms with Gasteiger partial charge in [-0.15, -0.1) is 0 Å². The van der Waals surface area contributed by atoms with Crippen LogP contribution in [-0.2, 0) is 4.79 Å². The lowest BCUT2D eigenvalue weighted by Crippen LogP contribution is -2.30. The van der Waals surface area contributed by atoms with E-state index >= 15 is 0 Å². The number of ether oxygens (including phenoxy) is 3. The minimum Gasteiger partial charge on any atom is -0.490 e. The molecule has 0 unspecified atom stereocenters. The fourth-order valence-corrected chi connectivity index (χ4v) is 2.35. The first-order chi connectivity index (χ1) is 12.2. The normalized spacial score (nSPS) is 13.9. The molecule has 1 N–H and O–H groups in total. The van der Waals surface area contributed by atoms with E-state index in [9.17, 15) is 4.79 Å². The minimum absolute atomic E-state index is 0.279. The van der Waals surface area contributed by atoms with Crippen molar-refractivity contribution in [3.8, 4) is 23.3 Å². The summed E-state index contributed by atoms with van der Waals surface area (Å²) in [5.74, 6) is 1.55. The van der Waals surface area contributed by atoms with E-state index in [1.165, 1.54) is 0 Å². The van der Waals surface area contributed by atoms with Crippen molar-refractivity contribution in [3.63, 3.8) is 0 Å². The first kappa shape index (κ1) is 16.7. The Bertz CT molecular complexity index is 796. The second-order valence-corrected chi connectivity index (χ2v) is 5.60. The lowest BCUT2D eigenvalue weighted by atomic mass is 10.2. The van der Waals surface area contributed by atoms with Crippen LogP contribution >= 0.6 is 0 Å². The number of nitrogens with one attached hydrogen (secondary N) is 1. The molecule has 1 aliphatic heterocycles. The molecule has 2 aromatic carbocycles. The molecule has 0 radical (unpaired) electrons. The van der Waals surface area contributed by atoms with E-state index in [-0.39, 0.29) is 5.91 Å². The van der Waals surface area contributed by atoms with Crippen LogP contribution in [0, 0.1) is 11.3 Å². The van der Waals surface area contributed by atoms with Gasteiger partial charge < -0.3 is 19.5 Å². The topological polar surface area (TPSA) is 80.6 Å². The predicted octanol–water partition coefficient (Wildman–Crippen LogP) is 3.13. The molecule has 1 aliphatic rings. The molecule has 0 aliphatic carbocycles. The molecule has 1 atom stereocenters. The molecule has 1 amide bonds. The summed E-state index contributed by atoms with van der Waals surface area (Å²) in [5, 5.41) is 11.6. The largest absolute Gasteiger partial charge is 0.490 e. The smallest absolute Gasteiger partial charge is 0.265 e. The second kappa shape index (κ2) is 7.58. The van der Waals surface area contributed by atoms with Crippen molar-refractivity contribution in [1.82, 2.24) is 0 Å². The van der Waals surface area contributed by atoms with Crippen molar-refractivity contribution < 1.29 is 19.0 Å². The van der Waals surface area contributed by atoms with Crippen molar-refractivity contribution in [2.75, 3.05) is 18.5 Å². The summed E-state index contributed by atoms with van der Waals surface area (Å²) in [7, 11) is 0. The lowest BCUT2D eigenvalue weighted by molar-refractivity contribution is -0.122. The molecular formula is C19H18N2O4. The molecule has 0 aromatic heterocycles. The van der Waals surface area contributed by atoms with Crippen LogP contribution in [0.3, 0.4) is 0 Å². The highest BCUT2D eigenvalue weighted by molar-refractivity contribution is 5.94. The van der Waals surface area contributed by atoms with E-state index in [2.05, 4.69) is 5.32 Å². The summed E-state index contributed by atoms with van der Waals surface area (Å²) >= 11 is 0. The van der Waals surface area contributed by atoms with Crippen molar-refractivity contribution in [2.45, 2.75) is 19.4 Å². The molecule has 25 heavy (non-hydrogen) atoms. The van der Waals surface area contributed by atoms with Gasteiger partial charge in [0.2, 0.25) is 0 Å². The van der Waals surface area contributed by atoms with E-state index in [1.54, 1.807) is 49.4 Å². The summed E-state index contributed by atoms with van der Waals surface area (Å²) in [6.07, 6.45) is 0.134. The molecule has 1 heterocycles. The van der Waals surface area contributed by atoms with Crippen LogP contribution < -0.4 is 19.5 Å². The zero-order chi connectivity index (χ0) is 17.6. The Hall–Kier alpha value is -3.20. The number of benzene rings is 2. The average Bonchev–Trinajstić information content (AvgIpc) is 2.87. The van der Waals surface area contributed by atoms with Gasteiger partial charge in [-0.1, -0.05) is 0 Å². The molecule has 128 valence electrons. The van der Waals surface area contributed by atoms with Gasteiger partial charge in [-0.2, -0.15) is 5.26 Å². The molecule has 6 heteroatoms. The van der Waals surface area contributed by atoms with Gasteiger partial charge in [-0.05, 0) is 43.3 Å². The molecule has 0 bridgehead atoms. The Morgan fingerprint density at radius 3 is 2.60 bits per heavy atom. The third kappa shape index (κ3) is 4.21. The Morgan fingerprint density at radius 1 is 1.16 bits per heavy atom. The van der Waals surface area contributed by atoms with Crippen molar-refractivity contribution >= 4 is 11.6 Å². The zero-order valence-electron chi connectivity index (χ0n) is 13.8. The molecule has 0 saturated carbocycles. The van der Waals surface area contributed by atoms with Crippen LogP contribution in [0.1, 0.15) is 18.9 Å². The number of fused-ring (bicyclic) bond motifs is 1. The number of hydrogen-bond acceptors (Lipinski definition) is 5. The number of nitriles is 1. The molecule has 2 aromatic rings. The van der Waals surface area contributed by atoms with Crippen molar-refractivity contribution in [2.24, 2.45) is 0 Å². The monoisotopic (exact) mass is 338 g/mol. The maximum atomic E-state index is 12.3. The average molecular weight is 338 g/mol. The van der Waals surface area contributed by atoms with E-state index in [0.717, 1.165) is 6.42 Å². The van der Waals surface area contributed by atoms with E-state index in [0.29, 0.717) is 41.7 Å². The number of amides is 1. The number of anilines is 1. The molecule has 0 fully saturated rings. The Kier molecular flexibility index (Phi) is 5.05. The fourth-order valence-electron chi connectivity index (χ4n) is 2.35. The van der Waals surface area contributed by atoms with Gasteiger partial charge in [0.15, 0.2) is 17.6 Å². The second-order valence-electron chi connectivity index (χ2n) is 5.60. The van der Waals surface area contributed by atoms with Crippen LogP contribution in [0.25, 0.3) is 0 Å². The van der Waals surface area contributed by atoms with Crippen molar-refractivity contribution in [1.29, 1.82) is 5.26 Å². The maximum absolute atomic E-state index is 12.3. The summed E-state index contributed by atoms with van der Waals surface area (Å²) in [6.45, 7) is 2.87. The number of carbonyl (C=O) groups excluding carboxylic acids is 1. The van der Waals surface area contributed by atoms with Crippen LogP contribution in [-0.4, -0.2) is 25.2 Å². The fraction of sp³-hybridized carbons (Fsp3) is 0.263. The summed E-state index contributed by atoms with van der Waals surface area (Å²) in [4.78, 5) is 12.3. The SMILES string of the molecule is C[C@@H](Oc1ccc(C#N)cc1)C(=O)Nc1ccc2c(c1)OCCCO2. The Labute approximate surface area is 145 Å². The third-order valence-electron chi connectivity index (χ3n) is 3.68. The van der Waals surface area contributed by atoms with Crippen LogP contribution in [0.4, 0.5) is 5.69 Å². The summed E-state index contributed by atoms with van der Waals surface area (Å²) in [5.41, 5.74) is 1.15. The van der Waals surface area contributed by atoms with Gasteiger partial charge in [0.1, 0.15) is 5.75 Å². The van der Waals surface area contributed by atoms with Crippen molar-refractivity contribution in [3.05, 3.63) is 48.0 Å². The van der Waals surface area contributed by atoms with Gasteiger partial charge in [-0.25, -0.2) is 0 Å². The third-order valence-corrected chi connectivity index (χ3v) is 3.68. The zero-order valence-corrected chi connectivity index (χ0v) is 13.8. The Morgan fingerprint density at radius 2 is 1.88 bits per heavy atom. The first-order valence-corrected chi connectivity index (χ1v) is 8.03. The summed E-state index contributed by atoms with van der Waals surface area (Å²) < 4.78 is 16.8. The van der Waals surface area contributed by atoms with Gasteiger partial charge in [0.25, 0.3) is 5.91 Å². The minimum atomic E-state index is -0.691. The lowest BCUT2D eigenvalue weighted by Gasteiger charge is -2.15. The van der Waals surface area contributed by atoms with E-state index in [4.69, 9.17) is 19.5 Å². The standard InChI is InChI=1S/C19H18N2O4/c1-13(25-16-6-3-14(12-20)4-7-16)19(22)21-15-5-8-17-18(11-15)24-10-2-9-23-17/h3-8,11,13H,2,9-10H2,1H3,(H,21,22)/t13-/m1/s1. The highest BCUT2D eigenvalue weighted by atomic mass is 16.5. The van der Waals surface area contributed by atoms with Crippen LogP contribution in [0.15, 0.2) is 42.5 Å². The van der Waals surface area contributed by atoms with Gasteiger partial charge in [-0.3, -0.25) is 4.79 Å². The van der Waals surface area contributed by atoms with Gasteiger partial charge in [0.05, 0.1) is 24.8 Å². The molecule has 3 rings (SSSR count). The molecule has 6 nitrogen and oxygen atoms in total. The van der Waals surface area contributed by atoms with E-state index < -0.39 is 6.10 Å². The molecule has 0 spiro atoms. The Balaban J connectivity index is 1.63. The molecule has 0 saturated heterocycles. The highest BCUT2D eigenvalue weighted by Crippen LogP contribution is 2.32.